The molecule has 0 fully saturated rings. The van der Waals surface area contributed by atoms with Crippen LogP contribution in [0.4, 0.5) is 36.2 Å². The van der Waals surface area contributed by atoms with Gasteiger partial charge in [-0.15, -0.1) is 11.6 Å². The van der Waals surface area contributed by atoms with Gasteiger partial charge in [-0.3, -0.25) is 28.8 Å². The number of amides is 10. The molecule has 3 atom stereocenters. The largest absolute Gasteiger partial charge is 0.491 e. The number of aryl methyl sites for hydroxylation is 1. The maximum absolute atomic E-state index is 14.8. The number of rotatable bonds is 41. The number of nitrogens with one attached hydrogen (secondary N) is 5. The molecule has 10 amide bonds. The van der Waals surface area contributed by atoms with Crippen LogP contribution < -0.4 is 41.4 Å². The molecule has 0 radical (unpaired) electrons. The molecule has 2 aliphatic heterocycles. The predicted molar refractivity (Wildman–Crippen MR) is 382 cm³/mol. The molecule has 2 aliphatic rings. The van der Waals surface area contributed by atoms with Gasteiger partial charge in [0.05, 0.1) is 89.7 Å². The first kappa shape index (κ1) is 79.4. The summed E-state index contributed by atoms with van der Waals surface area (Å²) < 4.78 is 49.6. The summed E-state index contributed by atoms with van der Waals surface area (Å²) in [5, 5.41) is 21.9. The van der Waals surface area contributed by atoms with Crippen molar-refractivity contribution in [3.05, 3.63) is 131 Å². The number of imide groups is 1. The summed E-state index contributed by atoms with van der Waals surface area (Å²) in [5.41, 5.74) is 9.55. The first-order chi connectivity index (χ1) is 50.2. The number of primary amides is 1. The Bertz CT molecular complexity index is 3990. The van der Waals surface area contributed by atoms with Crippen molar-refractivity contribution in [3.63, 3.8) is 0 Å². The Morgan fingerprint density at radius 3 is 2.15 bits per heavy atom. The van der Waals surface area contributed by atoms with Crippen LogP contribution in [0, 0.1) is 18.8 Å². The Balaban J connectivity index is 0.861. The highest BCUT2D eigenvalue weighted by Gasteiger charge is 2.38. The second kappa shape index (κ2) is 40.0. The Labute approximate surface area is 605 Å². The molecule has 104 heavy (non-hydrogen) atoms. The van der Waals surface area contributed by atoms with E-state index in [1.807, 2.05) is 25.1 Å². The summed E-state index contributed by atoms with van der Waals surface area (Å²) in [6.07, 6.45) is 0.993. The highest BCUT2D eigenvalue weighted by Crippen LogP contribution is 2.47. The number of aliphatic hydroxyl groups excluding tert-OH is 1. The van der Waals surface area contributed by atoms with Crippen LogP contribution in [-0.2, 0) is 58.9 Å². The summed E-state index contributed by atoms with van der Waals surface area (Å²) in [5.74, 6) is -4.08. The number of anilines is 3. The lowest BCUT2D eigenvalue weighted by Crippen LogP contribution is -2.47. The number of pyridine rings is 1. The SMILES string of the molecule is COCCOCCOCCOCCOc1ccc(C(=O)Nc2cnc3[nH]c(C(=O)N4C[C@@H](CCl)c5c4cc(OC(=O)N(CCOCCO)CCN(C)C(=O)OCc4ccc(NC(=O)[C@H](CCCNC(N)=O)CC(=O)[C@@H](NC(=O)OCN6C(=O)C=CC6=O)C(C)C)cc4)c4cccc(C)c54)cc3c2)cc1. The predicted octanol–water partition coefficient (Wildman–Crippen LogP) is 7.01. The highest BCUT2D eigenvalue weighted by molar-refractivity contribution is 6.20. The van der Waals surface area contributed by atoms with Gasteiger partial charge in [0.1, 0.15) is 36.1 Å². The number of alkyl carbamates (subject to hydrolysis) is 1. The zero-order chi connectivity index (χ0) is 74.7. The van der Waals surface area contributed by atoms with Crippen LogP contribution in [0.2, 0.25) is 0 Å². The number of nitrogens with two attached hydrogens (primary N) is 1. The fourth-order valence-corrected chi connectivity index (χ4v) is 11.6. The number of methoxy groups -OCH3 is 1. The highest BCUT2D eigenvalue weighted by atomic mass is 35.5. The number of likely N-dealkylation sites (N-methyl/N-ethyl adjacent to an activating group) is 1. The number of carbonyl (C=O) groups excluding carboxylic acids is 10. The van der Waals surface area contributed by atoms with Crippen molar-refractivity contribution in [1.82, 2.24) is 35.3 Å². The summed E-state index contributed by atoms with van der Waals surface area (Å²) in [6, 6.07) is 21.7. The molecule has 31 nitrogen and oxygen atoms in total. The molecule has 4 aromatic carbocycles. The molecule has 8 rings (SSSR count). The number of benzene rings is 4. The standard InChI is InChI=1S/C72H88ClN11O20/c1-45(2)64(80-70(93)103-44-84-60(87)19-20-61(84)88)58(86)38-49(9-7-21-75-69(74)92)67(90)77-52-15-11-47(12-16-52)43-102-71(94)81(4)22-23-82(24-26-97-27-25-85)72(95)104-59-39-57-63(62-46(3)8-6-10-55(59)62)51(40-73)42-83(57)68(91)56-37-50-36-53(41-76-65(50)79-56)78-66(89)48-13-17-54(18-14-48)101-35-34-100-33-32-99-31-30-98-29-28-96-5/h6,8,10-20,36-37,39,41,45,49,51,64,85H,7,9,21-35,38,40,42-44H2,1-5H3,(H,76,79)(H,77,90)(H,78,89)(H,80,93)(H3,74,75,92)/t49-,51-,64+/m1/s1. The molecule has 0 spiro atoms. The number of H-pyrrole nitrogens is 1. The number of nitrogens with zero attached hydrogens (tertiary/aromatic N) is 5. The first-order valence-corrected chi connectivity index (χ1v) is 34.3. The van der Waals surface area contributed by atoms with Crippen LogP contribution in [-0.4, -0.2) is 228 Å². The lowest BCUT2D eigenvalue weighted by Gasteiger charge is -2.26. The van der Waals surface area contributed by atoms with Crippen molar-refractivity contribution in [1.29, 1.82) is 0 Å². The van der Waals surface area contributed by atoms with E-state index in [2.05, 4.69) is 31.2 Å². The van der Waals surface area contributed by atoms with Crippen LogP contribution in [0.3, 0.4) is 0 Å². The van der Waals surface area contributed by atoms with Crippen molar-refractivity contribution >= 4 is 110 Å². The summed E-state index contributed by atoms with van der Waals surface area (Å²) >= 11 is 6.70. The number of aliphatic hydroxyl groups is 1. The minimum atomic E-state index is -1.12. The third-order valence-electron chi connectivity index (χ3n) is 16.8. The van der Waals surface area contributed by atoms with Gasteiger partial charge in [-0.1, -0.05) is 44.2 Å². The van der Waals surface area contributed by atoms with Crippen molar-refractivity contribution < 1.29 is 95.7 Å². The molecule has 558 valence electrons. The number of carbonyl (C=O) groups is 10. The Morgan fingerprint density at radius 1 is 0.788 bits per heavy atom. The number of ether oxygens (including phenoxy) is 9. The van der Waals surface area contributed by atoms with Crippen molar-refractivity contribution in [2.24, 2.45) is 17.6 Å². The molecule has 0 aliphatic carbocycles. The molecule has 4 heterocycles. The van der Waals surface area contributed by atoms with Crippen LogP contribution in [0.1, 0.15) is 76.6 Å². The van der Waals surface area contributed by atoms with Gasteiger partial charge >= 0.3 is 24.3 Å². The topological polar surface area (TPSA) is 390 Å². The van der Waals surface area contributed by atoms with Gasteiger partial charge in [-0.05, 0) is 96.3 Å². The minimum Gasteiger partial charge on any atom is -0.491 e. The fraction of sp³-hybridized carbons (Fsp3) is 0.431. The quantitative estimate of drug-likeness (QED) is 0.0115. The number of hydrogen-bond acceptors (Lipinski definition) is 21. The van der Waals surface area contributed by atoms with Gasteiger partial charge in [-0.2, -0.15) is 0 Å². The maximum atomic E-state index is 14.8. The summed E-state index contributed by atoms with van der Waals surface area (Å²) in [6.45, 7) is 7.74. The molecule has 8 N–H and O–H groups in total. The smallest absolute Gasteiger partial charge is 0.415 e. The van der Waals surface area contributed by atoms with Crippen molar-refractivity contribution in [3.8, 4) is 11.5 Å². The number of halogens is 1. The number of Topliss-reactive ketones (excluding diaryl/α,β-unsaturated/α-hetero) is 1. The van der Waals surface area contributed by atoms with E-state index in [0.717, 1.165) is 28.7 Å². The first-order valence-electron chi connectivity index (χ1n) is 33.8. The second-order valence-corrected chi connectivity index (χ2v) is 24.9. The van der Waals surface area contributed by atoms with Crippen LogP contribution in [0.25, 0.3) is 21.8 Å². The zero-order valence-corrected chi connectivity index (χ0v) is 59.3. The van der Waals surface area contributed by atoms with Gasteiger partial charge in [0.15, 0.2) is 12.5 Å². The molecule has 0 bridgehead atoms. The second-order valence-electron chi connectivity index (χ2n) is 24.6. The molecule has 32 heteroatoms. The van der Waals surface area contributed by atoms with Crippen LogP contribution >= 0.6 is 11.6 Å². The van der Waals surface area contributed by atoms with Gasteiger partial charge in [-0.25, -0.2) is 29.1 Å². The normalized spacial score (nSPS) is 13.8. The Kier molecular flexibility index (Phi) is 30.5. The van der Waals surface area contributed by atoms with Gasteiger partial charge in [0, 0.05) is 111 Å². The van der Waals surface area contributed by atoms with E-state index < -0.39 is 84.2 Å². The Hall–Kier alpha value is -10.3. The van der Waals surface area contributed by atoms with Gasteiger partial charge < -0.3 is 94.4 Å². The monoisotopic (exact) mass is 1460 g/mol. The van der Waals surface area contributed by atoms with Crippen molar-refractivity contribution in [2.75, 3.05) is 148 Å². The summed E-state index contributed by atoms with van der Waals surface area (Å²) in [4.78, 5) is 144. The Morgan fingerprint density at radius 2 is 1.48 bits per heavy atom. The van der Waals surface area contributed by atoms with Gasteiger partial charge in [0.2, 0.25) is 5.91 Å². The van der Waals surface area contributed by atoms with Crippen LogP contribution in [0.5, 0.6) is 11.5 Å². The molecule has 0 saturated heterocycles. The number of aromatic amines is 1. The number of aromatic nitrogens is 2. The number of alkyl halides is 1. The third-order valence-corrected chi connectivity index (χ3v) is 17.2. The van der Waals surface area contributed by atoms with Crippen LogP contribution in [0.15, 0.2) is 103 Å². The molecular formula is C72H88ClN11O20. The summed E-state index contributed by atoms with van der Waals surface area (Å²) in [7, 11) is 3.10. The molecule has 0 saturated carbocycles. The molecular weight excluding hydrogens is 1370 g/mol. The average molecular weight is 1460 g/mol. The van der Waals surface area contributed by atoms with E-state index in [-0.39, 0.29) is 102 Å². The third kappa shape index (κ3) is 22.9. The number of hydrogen-bond donors (Lipinski definition) is 7. The average Bonchev–Trinajstić information content (AvgIpc) is 1.55. The number of fused-ring (bicyclic) bond motifs is 4. The fourth-order valence-electron chi connectivity index (χ4n) is 11.3. The molecule has 0 unspecified atom stereocenters. The van der Waals surface area contributed by atoms with E-state index in [1.165, 1.54) is 23.0 Å². The lowest BCUT2D eigenvalue weighted by molar-refractivity contribution is -0.141. The molecule has 6 aromatic rings. The van der Waals surface area contributed by atoms with Crippen molar-refractivity contribution in [2.45, 2.75) is 58.6 Å². The lowest BCUT2D eigenvalue weighted by atomic mass is 9.89. The van der Waals surface area contributed by atoms with E-state index in [9.17, 15) is 53.1 Å². The van der Waals surface area contributed by atoms with Gasteiger partial charge in [0.25, 0.3) is 23.6 Å². The zero-order valence-electron chi connectivity index (χ0n) is 58.6. The number of ketones is 1. The van der Waals surface area contributed by atoms with E-state index in [4.69, 9.17) is 60.0 Å². The van der Waals surface area contributed by atoms with E-state index in [1.54, 1.807) is 92.6 Å². The number of urea groups is 1. The minimum absolute atomic E-state index is 0.000775. The van der Waals surface area contributed by atoms with E-state index >= 15 is 0 Å². The van der Waals surface area contributed by atoms with E-state index in [0.29, 0.717) is 108 Å². The maximum Gasteiger partial charge on any atom is 0.415 e. The molecule has 2 aromatic heterocycles.